The van der Waals surface area contributed by atoms with Crippen molar-refractivity contribution in [3.63, 3.8) is 0 Å². The van der Waals surface area contributed by atoms with E-state index in [2.05, 4.69) is 20.4 Å². The molecule has 7 heteroatoms. The molecule has 30 heavy (non-hydrogen) atoms. The molecule has 0 bridgehead atoms. The maximum atomic E-state index is 13.4. The number of hydrogen-bond donors (Lipinski definition) is 2. The minimum atomic E-state index is -0.286. The maximum absolute atomic E-state index is 13.4. The first-order chi connectivity index (χ1) is 14.6. The number of rotatable bonds is 7. The van der Waals surface area contributed by atoms with Crippen LogP contribution in [0.2, 0.25) is 0 Å². The molecule has 0 aliphatic rings. The van der Waals surface area contributed by atoms with E-state index in [1.807, 2.05) is 42.5 Å². The van der Waals surface area contributed by atoms with Gasteiger partial charge in [0.2, 0.25) is 0 Å². The predicted molar refractivity (Wildman–Crippen MR) is 113 cm³/mol. The van der Waals surface area contributed by atoms with Gasteiger partial charge in [-0.2, -0.15) is 10.2 Å². The van der Waals surface area contributed by atoms with Crippen LogP contribution in [0.25, 0.3) is 22.5 Å². The third kappa shape index (κ3) is 4.30. The summed E-state index contributed by atoms with van der Waals surface area (Å²) in [5, 5.41) is 14.2. The van der Waals surface area contributed by atoms with Crippen molar-refractivity contribution >= 4 is 5.91 Å². The van der Waals surface area contributed by atoms with E-state index in [9.17, 15) is 9.18 Å². The second kappa shape index (κ2) is 8.73. The molecule has 2 N–H and O–H groups in total. The van der Waals surface area contributed by atoms with Crippen LogP contribution in [0.4, 0.5) is 4.39 Å². The van der Waals surface area contributed by atoms with Crippen LogP contribution in [-0.2, 0) is 6.42 Å². The summed E-state index contributed by atoms with van der Waals surface area (Å²) >= 11 is 0. The number of carbonyl (C=O) groups excluding carboxylic acids is 1. The van der Waals surface area contributed by atoms with Crippen LogP contribution in [0, 0.1) is 5.82 Å². The smallest absolute Gasteiger partial charge is 0.257 e. The van der Waals surface area contributed by atoms with Crippen LogP contribution in [0.3, 0.4) is 0 Å². The lowest BCUT2D eigenvalue weighted by molar-refractivity contribution is 0.0794. The van der Waals surface area contributed by atoms with Gasteiger partial charge in [-0.15, -0.1) is 0 Å². The lowest BCUT2D eigenvalue weighted by atomic mass is 10.1. The highest BCUT2D eigenvalue weighted by molar-refractivity contribution is 5.99. The van der Waals surface area contributed by atoms with Gasteiger partial charge in [0, 0.05) is 30.4 Å². The summed E-state index contributed by atoms with van der Waals surface area (Å²) in [6, 6.07) is 18.0. The number of nitrogens with one attached hydrogen (secondary N) is 2. The topological polar surface area (TPSA) is 77.7 Å². The minimum Gasteiger partial charge on any atom is -0.342 e. The van der Waals surface area contributed by atoms with E-state index in [-0.39, 0.29) is 11.7 Å². The van der Waals surface area contributed by atoms with E-state index in [1.165, 1.54) is 12.1 Å². The Labute approximate surface area is 173 Å². The molecule has 0 saturated carbocycles. The molecule has 0 aliphatic heterocycles. The lowest BCUT2D eigenvalue weighted by Gasteiger charge is -2.17. The average Bonchev–Trinajstić information content (AvgIpc) is 3.44. The van der Waals surface area contributed by atoms with E-state index < -0.39 is 0 Å². The zero-order valence-electron chi connectivity index (χ0n) is 16.6. The molecule has 0 aliphatic carbocycles. The number of halogens is 1. The normalized spacial score (nSPS) is 10.9. The van der Waals surface area contributed by atoms with Crippen molar-refractivity contribution in [3.05, 3.63) is 83.9 Å². The first-order valence-electron chi connectivity index (χ1n) is 9.76. The van der Waals surface area contributed by atoms with Crippen molar-refractivity contribution in [2.45, 2.75) is 12.8 Å². The van der Waals surface area contributed by atoms with Crippen molar-refractivity contribution < 1.29 is 9.18 Å². The zero-order chi connectivity index (χ0) is 20.9. The van der Waals surface area contributed by atoms with Gasteiger partial charge in [0.1, 0.15) is 5.82 Å². The van der Waals surface area contributed by atoms with Crippen LogP contribution < -0.4 is 0 Å². The Hall–Kier alpha value is -3.74. The Kier molecular flexibility index (Phi) is 5.70. The molecule has 0 atom stereocenters. The third-order valence-corrected chi connectivity index (χ3v) is 4.97. The standard InChI is InChI=1S/C23H22FN5O/c1-29(23(30)20-15-25-28-22(20)16-7-3-2-4-8-16)12-6-11-19-14-21(27-26-19)17-9-5-10-18(24)13-17/h2-5,7-10,13-15H,6,11-12H2,1H3,(H,25,28)(H,26,27). The Bertz CT molecular complexity index is 1140. The number of H-pyrrole nitrogens is 2. The number of aryl methyl sites for hydroxylation is 1. The zero-order valence-corrected chi connectivity index (χ0v) is 16.6. The molecular formula is C23H22FN5O. The number of aromatic amines is 2. The average molecular weight is 403 g/mol. The van der Waals surface area contributed by atoms with E-state index >= 15 is 0 Å². The Balaban J connectivity index is 1.35. The summed E-state index contributed by atoms with van der Waals surface area (Å²) < 4.78 is 13.4. The summed E-state index contributed by atoms with van der Waals surface area (Å²) in [7, 11) is 1.79. The minimum absolute atomic E-state index is 0.0762. The molecule has 0 unspecified atom stereocenters. The number of carbonyl (C=O) groups is 1. The largest absolute Gasteiger partial charge is 0.342 e. The predicted octanol–water partition coefficient (Wildman–Crippen LogP) is 4.31. The second-order valence-corrected chi connectivity index (χ2v) is 7.14. The van der Waals surface area contributed by atoms with E-state index in [4.69, 9.17) is 0 Å². The number of amides is 1. The number of benzene rings is 2. The van der Waals surface area contributed by atoms with Gasteiger partial charge in [-0.25, -0.2) is 4.39 Å². The van der Waals surface area contributed by atoms with E-state index in [0.717, 1.165) is 35.4 Å². The van der Waals surface area contributed by atoms with Gasteiger partial charge in [0.15, 0.2) is 0 Å². The van der Waals surface area contributed by atoms with Gasteiger partial charge >= 0.3 is 0 Å². The van der Waals surface area contributed by atoms with Crippen molar-refractivity contribution in [2.75, 3.05) is 13.6 Å². The molecule has 2 heterocycles. The van der Waals surface area contributed by atoms with Gasteiger partial charge < -0.3 is 4.90 Å². The fraction of sp³-hybridized carbons (Fsp3) is 0.174. The Morgan fingerprint density at radius 3 is 2.63 bits per heavy atom. The molecule has 0 radical (unpaired) electrons. The first-order valence-corrected chi connectivity index (χ1v) is 9.76. The van der Waals surface area contributed by atoms with Gasteiger partial charge in [-0.05, 0) is 31.0 Å². The molecule has 2 aromatic carbocycles. The molecule has 152 valence electrons. The molecule has 4 aromatic rings. The van der Waals surface area contributed by atoms with Crippen LogP contribution in [0.5, 0.6) is 0 Å². The highest BCUT2D eigenvalue weighted by Gasteiger charge is 2.18. The monoisotopic (exact) mass is 403 g/mol. The molecule has 0 fully saturated rings. The second-order valence-electron chi connectivity index (χ2n) is 7.14. The molecule has 6 nitrogen and oxygen atoms in total. The van der Waals surface area contributed by atoms with Crippen molar-refractivity contribution in [1.82, 2.24) is 25.3 Å². The quantitative estimate of drug-likeness (QED) is 0.483. The van der Waals surface area contributed by atoms with Crippen LogP contribution in [-0.4, -0.2) is 44.8 Å². The first kappa shape index (κ1) is 19.6. The fourth-order valence-corrected chi connectivity index (χ4v) is 3.37. The van der Waals surface area contributed by atoms with Crippen molar-refractivity contribution in [1.29, 1.82) is 0 Å². The summed E-state index contributed by atoms with van der Waals surface area (Å²) in [4.78, 5) is 14.6. The third-order valence-electron chi connectivity index (χ3n) is 4.97. The highest BCUT2D eigenvalue weighted by Crippen LogP contribution is 2.22. The lowest BCUT2D eigenvalue weighted by Crippen LogP contribution is -2.28. The Morgan fingerprint density at radius 1 is 1.03 bits per heavy atom. The summed E-state index contributed by atoms with van der Waals surface area (Å²) in [5.74, 6) is -0.362. The van der Waals surface area contributed by atoms with Gasteiger partial charge in [0.25, 0.3) is 5.91 Å². The molecule has 4 rings (SSSR count). The molecule has 2 aromatic heterocycles. The van der Waals surface area contributed by atoms with E-state index in [1.54, 1.807) is 24.2 Å². The Morgan fingerprint density at radius 2 is 1.83 bits per heavy atom. The summed E-state index contributed by atoms with van der Waals surface area (Å²) in [6.45, 7) is 0.590. The molecular weight excluding hydrogens is 381 g/mol. The van der Waals surface area contributed by atoms with Crippen molar-refractivity contribution in [3.8, 4) is 22.5 Å². The van der Waals surface area contributed by atoms with Gasteiger partial charge in [-0.3, -0.25) is 15.0 Å². The molecule has 0 saturated heterocycles. The van der Waals surface area contributed by atoms with Gasteiger partial charge in [-0.1, -0.05) is 42.5 Å². The fourth-order valence-electron chi connectivity index (χ4n) is 3.37. The van der Waals surface area contributed by atoms with Crippen LogP contribution >= 0.6 is 0 Å². The molecule has 1 amide bonds. The summed E-state index contributed by atoms with van der Waals surface area (Å²) in [5.41, 5.74) is 4.59. The number of aromatic nitrogens is 4. The maximum Gasteiger partial charge on any atom is 0.257 e. The highest BCUT2D eigenvalue weighted by atomic mass is 19.1. The van der Waals surface area contributed by atoms with Gasteiger partial charge in [0.05, 0.1) is 23.1 Å². The number of nitrogens with zero attached hydrogens (tertiary/aromatic N) is 3. The van der Waals surface area contributed by atoms with Crippen LogP contribution in [0.1, 0.15) is 22.5 Å². The number of hydrogen-bond acceptors (Lipinski definition) is 3. The van der Waals surface area contributed by atoms with Crippen molar-refractivity contribution in [2.24, 2.45) is 0 Å². The molecule has 0 spiro atoms. The SMILES string of the molecule is CN(CCCc1cc(-c2cccc(F)c2)n[nH]1)C(=O)c1cn[nH]c1-c1ccccc1. The van der Waals surface area contributed by atoms with E-state index in [0.29, 0.717) is 17.8 Å². The van der Waals surface area contributed by atoms with Crippen LogP contribution in [0.15, 0.2) is 66.9 Å². The summed E-state index contributed by atoms with van der Waals surface area (Å²) in [6.07, 6.45) is 3.07.